The molecule has 3 aromatic rings. The summed E-state index contributed by atoms with van der Waals surface area (Å²) in [6.07, 6.45) is 0. The van der Waals surface area contributed by atoms with Gasteiger partial charge in [0, 0.05) is 11.8 Å². The maximum absolute atomic E-state index is 12.5. The molecule has 0 aliphatic carbocycles. The summed E-state index contributed by atoms with van der Waals surface area (Å²) in [5.74, 6) is -0.707. The summed E-state index contributed by atoms with van der Waals surface area (Å²) in [5, 5.41) is 10.8. The number of rotatable bonds is 6. The van der Waals surface area contributed by atoms with Crippen LogP contribution >= 0.6 is 11.8 Å². The average molecular weight is 407 g/mol. The van der Waals surface area contributed by atoms with Crippen molar-refractivity contribution in [1.82, 2.24) is 0 Å². The van der Waals surface area contributed by atoms with Crippen molar-refractivity contribution >= 4 is 22.8 Å². The lowest BCUT2D eigenvalue weighted by Gasteiger charge is -2.22. The molecule has 3 aromatic carbocycles. The molecule has 0 heterocycles. The topological polar surface area (TPSA) is 63.6 Å². The number of carbonyl (C=O) groups is 2. The van der Waals surface area contributed by atoms with Crippen molar-refractivity contribution in [3.63, 3.8) is 0 Å². The number of hydrogen-bond acceptors (Lipinski definition) is 5. The lowest BCUT2D eigenvalue weighted by atomic mass is 9.94. The zero-order valence-electron chi connectivity index (χ0n) is 16.3. The van der Waals surface area contributed by atoms with E-state index in [1.165, 1.54) is 25.6 Å². The number of ether oxygens (including phenoxy) is 1. The van der Waals surface area contributed by atoms with E-state index in [1.807, 2.05) is 66.7 Å². The standard InChI is InChI=1S/C24H22O4S/c1-17(25)29-22-11-7-6-10-21(22)19-12-14-20(15-13-19)24(2,27)23(26)28-16-18-8-4-3-5-9-18/h3-15,27H,16H2,1-2H3. The third-order valence-corrected chi connectivity index (χ3v) is 5.37. The van der Waals surface area contributed by atoms with E-state index in [2.05, 4.69) is 0 Å². The minimum absolute atomic E-state index is 0.0122. The monoisotopic (exact) mass is 406 g/mol. The van der Waals surface area contributed by atoms with Gasteiger partial charge in [-0.3, -0.25) is 4.79 Å². The van der Waals surface area contributed by atoms with Gasteiger partial charge in [-0.2, -0.15) is 0 Å². The summed E-state index contributed by atoms with van der Waals surface area (Å²) in [6.45, 7) is 3.06. The Labute approximate surface area is 174 Å². The Balaban J connectivity index is 1.77. The smallest absolute Gasteiger partial charge is 0.342 e. The van der Waals surface area contributed by atoms with E-state index in [-0.39, 0.29) is 11.7 Å². The minimum Gasteiger partial charge on any atom is -0.458 e. The van der Waals surface area contributed by atoms with Gasteiger partial charge >= 0.3 is 5.97 Å². The first-order valence-corrected chi connectivity index (χ1v) is 10.0. The van der Waals surface area contributed by atoms with Crippen molar-refractivity contribution in [3.8, 4) is 11.1 Å². The first kappa shape index (κ1) is 20.8. The quantitative estimate of drug-likeness (QED) is 0.464. The van der Waals surface area contributed by atoms with Crippen LogP contribution in [0, 0.1) is 0 Å². The van der Waals surface area contributed by atoms with E-state index in [1.54, 1.807) is 12.1 Å². The summed E-state index contributed by atoms with van der Waals surface area (Å²) in [6, 6.07) is 24.0. The van der Waals surface area contributed by atoms with Crippen LogP contribution in [0.3, 0.4) is 0 Å². The molecule has 0 aliphatic heterocycles. The van der Waals surface area contributed by atoms with E-state index < -0.39 is 11.6 Å². The van der Waals surface area contributed by atoms with E-state index in [0.29, 0.717) is 5.56 Å². The summed E-state index contributed by atoms with van der Waals surface area (Å²) in [4.78, 5) is 24.8. The van der Waals surface area contributed by atoms with E-state index in [4.69, 9.17) is 4.74 Å². The molecule has 3 rings (SSSR count). The van der Waals surface area contributed by atoms with Gasteiger partial charge in [0.2, 0.25) is 0 Å². The molecule has 1 unspecified atom stereocenters. The zero-order valence-corrected chi connectivity index (χ0v) is 17.1. The number of carbonyl (C=O) groups excluding carboxylic acids is 2. The fourth-order valence-corrected chi connectivity index (χ4v) is 3.66. The molecule has 0 fully saturated rings. The Kier molecular flexibility index (Phi) is 6.52. The second-order valence-corrected chi connectivity index (χ2v) is 8.02. The third kappa shape index (κ3) is 5.13. The fourth-order valence-electron chi connectivity index (χ4n) is 2.90. The molecule has 5 heteroatoms. The first-order valence-electron chi connectivity index (χ1n) is 9.20. The van der Waals surface area contributed by atoms with Crippen LogP contribution in [0.25, 0.3) is 11.1 Å². The summed E-state index contributed by atoms with van der Waals surface area (Å²) >= 11 is 1.18. The second kappa shape index (κ2) is 9.07. The molecular weight excluding hydrogens is 384 g/mol. The van der Waals surface area contributed by atoms with Crippen molar-refractivity contribution in [2.45, 2.75) is 31.0 Å². The number of esters is 1. The highest BCUT2D eigenvalue weighted by Crippen LogP contribution is 2.33. The highest BCUT2D eigenvalue weighted by atomic mass is 32.2. The van der Waals surface area contributed by atoms with Crippen molar-refractivity contribution in [3.05, 3.63) is 90.0 Å². The van der Waals surface area contributed by atoms with Gasteiger partial charge < -0.3 is 9.84 Å². The Morgan fingerprint density at radius 2 is 1.55 bits per heavy atom. The number of benzene rings is 3. The molecule has 0 saturated heterocycles. The summed E-state index contributed by atoms with van der Waals surface area (Å²) in [5.41, 5.74) is 1.35. The van der Waals surface area contributed by atoms with E-state index in [0.717, 1.165) is 21.6 Å². The third-order valence-electron chi connectivity index (χ3n) is 4.51. The molecule has 4 nitrogen and oxygen atoms in total. The molecule has 1 atom stereocenters. The van der Waals surface area contributed by atoms with Crippen LogP contribution in [-0.4, -0.2) is 16.2 Å². The zero-order chi connectivity index (χ0) is 20.9. The molecule has 0 amide bonds. The Morgan fingerprint density at radius 1 is 0.931 bits per heavy atom. The van der Waals surface area contributed by atoms with Gasteiger partial charge in [-0.1, -0.05) is 84.6 Å². The van der Waals surface area contributed by atoms with Crippen molar-refractivity contribution in [2.24, 2.45) is 0 Å². The van der Waals surface area contributed by atoms with Gasteiger partial charge in [0.15, 0.2) is 10.7 Å². The van der Waals surface area contributed by atoms with Crippen LogP contribution in [-0.2, 0) is 26.5 Å². The van der Waals surface area contributed by atoms with Gasteiger partial charge in [-0.25, -0.2) is 4.79 Å². The highest BCUT2D eigenvalue weighted by Gasteiger charge is 2.34. The van der Waals surface area contributed by atoms with Crippen LogP contribution in [0.2, 0.25) is 0 Å². The first-order chi connectivity index (χ1) is 13.9. The van der Waals surface area contributed by atoms with Crippen LogP contribution in [0.5, 0.6) is 0 Å². The molecule has 0 aliphatic rings. The Bertz CT molecular complexity index is 995. The maximum atomic E-state index is 12.5. The number of aliphatic hydroxyl groups is 1. The largest absolute Gasteiger partial charge is 0.458 e. The van der Waals surface area contributed by atoms with Gasteiger partial charge in [-0.15, -0.1) is 0 Å². The highest BCUT2D eigenvalue weighted by molar-refractivity contribution is 8.13. The van der Waals surface area contributed by atoms with Crippen molar-refractivity contribution in [2.75, 3.05) is 0 Å². The molecule has 0 bridgehead atoms. The predicted molar refractivity (Wildman–Crippen MR) is 114 cm³/mol. The van der Waals surface area contributed by atoms with Crippen LogP contribution in [0.15, 0.2) is 83.8 Å². The normalized spacial score (nSPS) is 12.8. The molecule has 0 aromatic heterocycles. The molecule has 0 saturated carbocycles. The van der Waals surface area contributed by atoms with Crippen LogP contribution in [0.4, 0.5) is 0 Å². The van der Waals surface area contributed by atoms with Gasteiger partial charge in [0.1, 0.15) is 6.61 Å². The fraction of sp³-hybridized carbons (Fsp3) is 0.167. The average Bonchev–Trinajstić information content (AvgIpc) is 2.73. The van der Waals surface area contributed by atoms with E-state index >= 15 is 0 Å². The number of thioether (sulfide) groups is 1. The number of hydrogen-bond donors (Lipinski definition) is 1. The molecule has 0 radical (unpaired) electrons. The van der Waals surface area contributed by atoms with Gasteiger partial charge in [0.25, 0.3) is 0 Å². The lowest BCUT2D eigenvalue weighted by molar-refractivity contribution is -0.166. The van der Waals surface area contributed by atoms with Crippen molar-refractivity contribution in [1.29, 1.82) is 0 Å². The Morgan fingerprint density at radius 3 is 2.21 bits per heavy atom. The van der Waals surface area contributed by atoms with Crippen LogP contribution < -0.4 is 0 Å². The minimum atomic E-state index is -1.76. The Hall–Kier alpha value is -2.89. The molecule has 0 spiro atoms. The molecule has 148 valence electrons. The SMILES string of the molecule is CC(=O)Sc1ccccc1-c1ccc(C(C)(O)C(=O)OCc2ccccc2)cc1. The molecule has 29 heavy (non-hydrogen) atoms. The molecular formula is C24H22O4S. The maximum Gasteiger partial charge on any atom is 0.342 e. The molecule has 1 N–H and O–H groups in total. The van der Waals surface area contributed by atoms with E-state index in [9.17, 15) is 14.7 Å². The van der Waals surface area contributed by atoms with Crippen LogP contribution in [0.1, 0.15) is 25.0 Å². The predicted octanol–water partition coefficient (Wildman–Crippen LogP) is 4.94. The summed E-state index contributed by atoms with van der Waals surface area (Å²) in [7, 11) is 0. The van der Waals surface area contributed by atoms with Crippen molar-refractivity contribution < 1.29 is 19.4 Å². The lowest BCUT2D eigenvalue weighted by Crippen LogP contribution is -2.34. The van der Waals surface area contributed by atoms with Gasteiger partial charge in [0.05, 0.1) is 0 Å². The van der Waals surface area contributed by atoms with Gasteiger partial charge in [-0.05, 0) is 35.2 Å². The second-order valence-electron chi connectivity index (χ2n) is 6.80. The summed E-state index contributed by atoms with van der Waals surface area (Å²) < 4.78 is 5.30.